The van der Waals surface area contributed by atoms with Crippen molar-refractivity contribution in [1.82, 2.24) is 4.90 Å². The molecule has 19 heavy (non-hydrogen) atoms. The van der Waals surface area contributed by atoms with Crippen molar-refractivity contribution in [2.75, 3.05) is 13.2 Å². The first-order valence-corrected chi connectivity index (χ1v) is 6.14. The van der Waals surface area contributed by atoms with Crippen LogP contribution in [0.3, 0.4) is 0 Å². The Kier molecular flexibility index (Phi) is 4.09. The molecule has 0 saturated carbocycles. The Labute approximate surface area is 109 Å². The van der Waals surface area contributed by atoms with Gasteiger partial charge in [-0.2, -0.15) is 0 Å². The van der Waals surface area contributed by atoms with Crippen LogP contribution in [0.1, 0.15) is 6.92 Å². The predicted octanol–water partition coefficient (Wildman–Crippen LogP) is -3.58. The number of aliphatic hydroxyl groups excluding tert-OH is 5. The van der Waals surface area contributed by atoms with Crippen LogP contribution in [-0.4, -0.2) is 92.2 Å². The third kappa shape index (κ3) is 2.35. The average Bonchev–Trinajstić information content (AvgIpc) is 2.37. The third-order valence-electron chi connectivity index (χ3n) is 3.81. The highest BCUT2D eigenvalue weighted by atomic mass is 16.5. The van der Waals surface area contributed by atoms with E-state index >= 15 is 0 Å². The van der Waals surface area contributed by atoms with E-state index in [2.05, 4.69) is 0 Å². The number of hydrogen-bond acceptors (Lipinski definition) is 7. The highest BCUT2D eigenvalue weighted by molar-refractivity contribution is 5.74. The lowest BCUT2D eigenvalue weighted by Gasteiger charge is -2.52. The second-order valence-corrected chi connectivity index (χ2v) is 5.02. The largest absolute Gasteiger partial charge is 0.394 e. The molecule has 110 valence electrons. The number of carbonyl (C=O) groups excluding carboxylic acids is 1. The minimum Gasteiger partial charge on any atom is -0.394 e. The molecule has 0 aliphatic carbocycles. The second-order valence-electron chi connectivity index (χ2n) is 5.02. The lowest BCUT2D eigenvalue weighted by molar-refractivity contribution is -0.260. The summed E-state index contributed by atoms with van der Waals surface area (Å²) in [6.45, 7) is 0.581. The standard InChI is InChI=1S/C11H19NO7/c1-4(14)12-2-5(15)8(16)11-7(12)10(18)9(17)6(3-13)19-11/h5-11,13,15-18H,2-3H2,1H3/t5-,6+,7+,8-,9-,10+,11-/m0/s1. The molecule has 0 radical (unpaired) electrons. The molecule has 2 heterocycles. The van der Waals surface area contributed by atoms with Crippen molar-refractivity contribution in [2.45, 2.75) is 49.6 Å². The Morgan fingerprint density at radius 2 is 1.84 bits per heavy atom. The number of aliphatic hydroxyl groups is 5. The van der Waals surface area contributed by atoms with E-state index in [0.717, 1.165) is 0 Å². The average molecular weight is 277 g/mol. The summed E-state index contributed by atoms with van der Waals surface area (Å²) in [7, 11) is 0. The first-order valence-electron chi connectivity index (χ1n) is 6.14. The molecule has 0 aromatic carbocycles. The van der Waals surface area contributed by atoms with E-state index in [0.29, 0.717) is 0 Å². The minimum atomic E-state index is -1.37. The molecule has 5 N–H and O–H groups in total. The van der Waals surface area contributed by atoms with Crippen molar-refractivity contribution in [3.8, 4) is 0 Å². The first-order chi connectivity index (χ1) is 8.88. The van der Waals surface area contributed by atoms with Gasteiger partial charge in [0.05, 0.1) is 12.6 Å². The van der Waals surface area contributed by atoms with E-state index in [9.17, 15) is 25.2 Å². The first kappa shape index (κ1) is 14.6. The predicted molar refractivity (Wildman–Crippen MR) is 60.9 cm³/mol. The van der Waals surface area contributed by atoms with E-state index in [1.807, 2.05) is 0 Å². The number of hydrogen-bond donors (Lipinski definition) is 5. The zero-order valence-corrected chi connectivity index (χ0v) is 10.5. The smallest absolute Gasteiger partial charge is 0.219 e. The summed E-state index contributed by atoms with van der Waals surface area (Å²) < 4.78 is 5.32. The molecule has 0 aromatic rings. The van der Waals surface area contributed by atoms with Crippen LogP contribution in [0.2, 0.25) is 0 Å². The van der Waals surface area contributed by atoms with Gasteiger partial charge in [0, 0.05) is 13.5 Å². The van der Waals surface area contributed by atoms with E-state index in [4.69, 9.17) is 9.84 Å². The topological polar surface area (TPSA) is 131 Å². The van der Waals surface area contributed by atoms with E-state index in [1.54, 1.807) is 0 Å². The molecule has 2 saturated heterocycles. The van der Waals surface area contributed by atoms with Gasteiger partial charge in [0.2, 0.25) is 5.91 Å². The molecule has 0 unspecified atom stereocenters. The van der Waals surface area contributed by atoms with Crippen LogP contribution in [0.5, 0.6) is 0 Å². The molecular formula is C11H19NO7. The lowest BCUT2D eigenvalue weighted by Crippen LogP contribution is -2.73. The number of nitrogens with zero attached hydrogens (tertiary/aromatic N) is 1. The molecule has 2 fully saturated rings. The number of carbonyl (C=O) groups is 1. The maximum absolute atomic E-state index is 11.5. The summed E-state index contributed by atoms with van der Waals surface area (Å²) in [6.07, 6.45) is -7.34. The van der Waals surface area contributed by atoms with Crippen molar-refractivity contribution in [3.05, 3.63) is 0 Å². The van der Waals surface area contributed by atoms with Gasteiger partial charge in [-0.25, -0.2) is 0 Å². The highest BCUT2D eigenvalue weighted by Crippen LogP contribution is 2.31. The number of likely N-dealkylation sites (tertiary alicyclic amines) is 1. The fourth-order valence-corrected chi connectivity index (χ4v) is 2.76. The molecule has 2 aliphatic heterocycles. The van der Waals surface area contributed by atoms with Gasteiger partial charge in [-0.15, -0.1) is 0 Å². The number of β-amino-alcohol motifs (C(OH)–C–C–N with tert-alkyl or cyclic N) is 1. The second kappa shape index (κ2) is 5.31. The molecule has 2 rings (SSSR count). The number of ether oxygens (including phenoxy) is 1. The van der Waals surface area contributed by atoms with Crippen LogP contribution in [-0.2, 0) is 9.53 Å². The van der Waals surface area contributed by atoms with Gasteiger partial charge in [0.15, 0.2) is 0 Å². The Morgan fingerprint density at radius 1 is 1.21 bits per heavy atom. The van der Waals surface area contributed by atoms with Gasteiger partial charge >= 0.3 is 0 Å². The van der Waals surface area contributed by atoms with E-state index in [1.165, 1.54) is 11.8 Å². The maximum atomic E-state index is 11.5. The van der Waals surface area contributed by atoms with Gasteiger partial charge in [0.25, 0.3) is 0 Å². The summed E-state index contributed by atoms with van der Waals surface area (Å²) in [5.41, 5.74) is 0. The molecule has 2 aliphatic rings. The van der Waals surface area contributed by atoms with Crippen LogP contribution in [0.4, 0.5) is 0 Å². The Hall–Kier alpha value is -0.770. The molecule has 1 amide bonds. The highest BCUT2D eigenvalue weighted by Gasteiger charge is 2.54. The van der Waals surface area contributed by atoms with Gasteiger partial charge < -0.3 is 35.2 Å². The Bertz CT molecular complexity index is 352. The van der Waals surface area contributed by atoms with E-state index in [-0.39, 0.29) is 6.54 Å². The summed E-state index contributed by atoms with van der Waals surface area (Å²) >= 11 is 0. The van der Waals surface area contributed by atoms with Gasteiger partial charge in [-0.05, 0) is 0 Å². The van der Waals surface area contributed by atoms with Crippen LogP contribution < -0.4 is 0 Å². The molecule has 0 bridgehead atoms. The summed E-state index contributed by atoms with van der Waals surface area (Å²) in [4.78, 5) is 12.7. The summed E-state index contributed by atoms with van der Waals surface area (Å²) in [5.74, 6) is -0.404. The summed E-state index contributed by atoms with van der Waals surface area (Å²) in [5, 5.41) is 48.6. The molecule has 7 atom stereocenters. The van der Waals surface area contributed by atoms with Gasteiger partial charge in [-0.3, -0.25) is 4.79 Å². The maximum Gasteiger partial charge on any atom is 0.219 e. The third-order valence-corrected chi connectivity index (χ3v) is 3.81. The number of rotatable bonds is 1. The van der Waals surface area contributed by atoms with Crippen LogP contribution in [0, 0.1) is 0 Å². The lowest BCUT2D eigenvalue weighted by atomic mass is 9.84. The van der Waals surface area contributed by atoms with Gasteiger partial charge in [0.1, 0.15) is 36.6 Å². The Balaban J connectivity index is 2.31. The van der Waals surface area contributed by atoms with Crippen molar-refractivity contribution in [3.63, 3.8) is 0 Å². The monoisotopic (exact) mass is 277 g/mol. The van der Waals surface area contributed by atoms with Crippen molar-refractivity contribution < 1.29 is 35.1 Å². The number of piperidine rings is 1. The van der Waals surface area contributed by atoms with Crippen LogP contribution >= 0.6 is 0 Å². The normalized spacial score (nSPS) is 46.8. The minimum absolute atomic E-state index is 0.144. The molecule has 0 aromatic heterocycles. The molecule has 8 nitrogen and oxygen atoms in total. The zero-order chi connectivity index (χ0) is 14.3. The van der Waals surface area contributed by atoms with Crippen molar-refractivity contribution in [2.24, 2.45) is 0 Å². The van der Waals surface area contributed by atoms with Crippen LogP contribution in [0.15, 0.2) is 0 Å². The summed E-state index contributed by atoms with van der Waals surface area (Å²) in [6, 6.07) is -0.950. The number of amides is 1. The van der Waals surface area contributed by atoms with Gasteiger partial charge in [-0.1, -0.05) is 0 Å². The fourth-order valence-electron chi connectivity index (χ4n) is 2.76. The zero-order valence-electron chi connectivity index (χ0n) is 10.5. The van der Waals surface area contributed by atoms with Crippen molar-refractivity contribution in [1.29, 1.82) is 0 Å². The van der Waals surface area contributed by atoms with Crippen LogP contribution in [0.25, 0.3) is 0 Å². The Morgan fingerprint density at radius 3 is 2.37 bits per heavy atom. The van der Waals surface area contributed by atoms with Crippen molar-refractivity contribution >= 4 is 5.91 Å². The number of fused-ring (bicyclic) bond motifs is 1. The SMILES string of the molecule is CC(=O)N1C[C@H](O)[C@H](O)[C@H]2O[C@H](CO)[C@H](O)[C@H](O)[C@H]21. The fraction of sp³-hybridized carbons (Fsp3) is 0.909. The molecule has 8 heteroatoms. The molecular weight excluding hydrogens is 258 g/mol. The van der Waals surface area contributed by atoms with E-state index < -0.39 is 55.2 Å². The quantitative estimate of drug-likeness (QED) is 0.335. The molecule has 0 spiro atoms.